The fourth-order valence-electron chi connectivity index (χ4n) is 7.89. The van der Waals surface area contributed by atoms with Crippen molar-refractivity contribution in [1.29, 1.82) is 0 Å². The summed E-state index contributed by atoms with van der Waals surface area (Å²) in [5, 5.41) is 2.38. The molecule has 5 aliphatic rings. The molecule has 3 unspecified atom stereocenters. The summed E-state index contributed by atoms with van der Waals surface area (Å²) >= 11 is 0. The van der Waals surface area contributed by atoms with Gasteiger partial charge in [0, 0.05) is 56.8 Å². The lowest BCUT2D eigenvalue weighted by atomic mass is 9.72. The number of nitrogens with zero attached hydrogens (tertiary/aromatic N) is 3. The van der Waals surface area contributed by atoms with Crippen molar-refractivity contribution in [3.8, 4) is 0 Å². The van der Waals surface area contributed by atoms with Crippen LogP contribution in [-0.2, 0) is 22.7 Å². The molecule has 0 saturated carbocycles. The van der Waals surface area contributed by atoms with Gasteiger partial charge in [-0.05, 0) is 78.0 Å². The topological polar surface area (TPSA) is 73.0 Å². The third-order valence-electron chi connectivity index (χ3n) is 10.2. The molecule has 0 radical (unpaired) electrons. The molecular formula is C34H39FN4O3. The van der Waals surface area contributed by atoms with Gasteiger partial charge < -0.3 is 4.90 Å². The Morgan fingerprint density at radius 1 is 0.952 bits per heavy atom. The highest BCUT2D eigenvalue weighted by Crippen LogP contribution is 2.44. The largest absolute Gasteiger partial charge is 0.322 e. The molecule has 7 rings (SSSR count). The van der Waals surface area contributed by atoms with Crippen LogP contribution in [0.15, 0.2) is 48.0 Å². The van der Waals surface area contributed by atoms with Gasteiger partial charge in [0.2, 0.25) is 11.8 Å². The zero-order chi connectivity index (χ0) is 29.2. The van der Waals surface area contributed by atoms with Gasteiger partial charge >= 0.3 is 0 Å². The van der Waals surface area contributed by atoms with Crippen LogP contribution in [0, 0.1) is 11.2 Å². The summed E-state index contributed by atoms with van der Waals surface area (Å²) in [6.07, 6.45) is 5.13. The zero-order valence-electron chi connectivity index (χ0n) is 24.5. The molecule has 0 aromatic heterocycles. The molecule has 3 amide bonds. The molecule has 4 heterocycles. The Bertz CT molecular complexity index is 1480. The van der Waals surface area contributed by atoms with E-state index in [0.717, 1.165) is 50.1 Å². The molecule has 42 heavy (non-hydrogen) atoms. The molecule has 3 atom stereocenters. The highest BCUT2D eigenvalue weighted by atomic mass is 19.1. The maximum atomic E-state index is 13.7. The van der Waals surface area contributed by atoms with Crippen molar-refractivity contribution in [2.75, 3.05) is 19.6 Å². The Labute approximate surface area is 246 Å². The molecule has 2 bridgehead atoms. The SMILES string of the molecule is CC1(C)CCC(CN2CC3CC2CN3Cc2ccc3c(c2)CN(C2CCC(=O)NC2=O)C3=O)=C(c2ccc(F)cc2)C1. The Balaban J connectivity index is 1.01. The number of piperazine rings is 1. The Morgan fingerprint density at radius 3 is 2.40 bits per heavy atom. The monoisotopic (exact) mass is 570 g/mol. The van der Waals surface area contributed by atoms with Gasteiger partial charge in [0.15, 0.2) is 0 Å². The van der Waals surface area contributed by atoms with Crippen molar-refractivity contribution >= 4 is 23.3 Å². The van der Waals surface area contributed by atoms with E-state index < -0.39 is 6.04 Å². The first-order valence-corrected chi connectivity index (χ1v) is 15.3. The summed E-state index contributed by atoms with van der Waals surface area (Å²) in [7, 11) is 0. The lowest BCUT2D eigenvalue weighted by molar-refractivity contribution is -0.136. The summed E-state index contributed by atoms with van der Waals surface area (Å²) in [5.74, 6) is -0.950. The summed E-state index contributed by atoms with van der Waals surface area (Å²) in [4.78, 5) is 43.9. The van der Waals surface area contributed by atoms with E-state index in [1.165, 1.54) is 29.6 Å². The average Bonchev–Trinajstić information content (AvgIpc) is 3.62. The fraction of sp³-hybridized carbons (Fsp3) is 0.500. The number of fused-ring (bicyclic) bond motifs is 3. The van der Waals surface area contributed by atoms with E-state index >= 15 is 0 Å². The van der Waals surface area contributed by atoms with E-state index in [1.807, 2.05) is 18.2 Å². The van der Waals surface area contributed by atoms with Crippen molar-refractivity contribution in [3.63, 3.8) is 0 Å². The summed E-state index contributed by atoms with van der Waals surface area (Å²) < 4.78 is 13.7. The van der Waals surface area contributed by atoms with Gasteiger partial charge in [0.25, 0.3) is 5.91 Å². The van der Waals surface area contributed by atoms with Gasteiger partial charge in [-0.1, -0.05) is 43.7 Å². The standard InChI is InChI=1S/C34H39FN4O3/c1-34(2)12-11-23(29(15-34)22-4-6-25(35)7-5-22)17-38-20-26-14-27(38)19-37(26)16-21-3-8-28-24(13-21)18-39(33(28)42)30-9-10-31(40)36-32(30)41/h3-8,13,26-27,30H,9-12,14-20H2,1-2H3,(H,36,40,41). The van der Waals surface area contributed by atoms with Gasteiger partial charge in [-0.2, -0.15) is 0 Å². The van der Waals surface area contributed by atoms with Crippen LogP contribution < -0.4 is 5.32 Å². The van der Waals surface area contributed by atoms with Crippen molar-refractivity contribution in [1.82, 2.24) is 20.0 Å². The molecule has 2 aromatic rings. The summed E-state index contributed by atoms with van der Waals surface area (Å²) in [6, 6.07) is 13.6. The number of benzene rings is 2. The van der Waals surface area contributed by atoms with E-state index in [1.54, 1.807) is 17.0 Å². The second-order valence-corrected chi connectivity index (χ2v) is 13.7. The first-order valence-electron chi connectivity index (χ1n) is 15.3. The summed E-state index contributed by atoms with van der Waals surface area (Å²) in [5.41, 5.74) is 7.17. The molecule has 4 aliphatic heterocycles. The van der Waals surface area contributed by atoms with Gasteiger partial charge in [0.05, 0.1) is 0 Å². The number of hydrogen-bond acceptors (Lipinski definition) is 5. The van der Waals surface area contributed by atoms with Crippen molar-refractivity contribution < 1.29 is 18.8 Å². The number of allylic oxidation sites excluding steroid dienone is 1. The molecule has 8 heteroatoms. The first-order chi connectivity index (χ1) is 20.1. The maximum absolute atomic E-state index is 13.7. The second kappa shape index (κ2) is 10.4. The number of likely N-dealkylation sites (tertiary alicyclic amines) is 2. The van der Waals surface area contributed by atoms with E-state index in [0.29, 0.717) is 30.6 Å². The first kappa shape index (κ1) is 27.5. The van der Waals surface area contributed by atoms with Crippen LogP contribution >= 0.6 is 0 Å². The van der Waals surface area contributed by atoms with Crippen LogP contribution in [0.1, 0.15) is 79.4 Å². The summed E-state index contributed by atoms with van der Waals surface area (Å²) in [6.45, 7) is 9.03. The highest BCUT2D eigenvalue weighted by Gasteiger charge is 2.44. The molecule has 3 fully saturated rings. The van der Waals surface area contributed by atoms with Gasteiger partial charge in [-0.15, -0.1) is 0 Å². The number of hydrogen-bond donors (Lipinski definition) is 1. The number of halogens is 1. The maximum Gasteiger partial charge on any atom is 0.255 e. The van der Waals surface area contributed by atoms with E-state index in [-0.39, 0.29) is 35.4 Å². The number of imide groups is 1. The van der Waals surface area contributed by atoms with Crippen LogP contribution in [-0.4, -0.2) is 70.2 Å². The van der Waals surface area contributed by atoms with E-state index in [9.17, 15) is 18.8 Å². The highest BCUT2D eigenvalue weighted by molar-refractivity contribution is 6.05. The molecule has 7 nitrogen and oxygen atoms in total. The van der Waals surface area contributed by atoms with Crippen molar-refractivity contribution in [2.45, 2.75) is 83.6 Å². The minimum Gasteiger partial charge on any atom is -0.322 e. The third-order valence-corrected chi connectivity index (χ3v) is 10.2. The van der Waals surface area contributed by atoms with Crippen LogP contribution in [0.3, 0.4) is 0 Å². The molecule has 3 saturated heterocycles. The van der Waals surface area contributed by atoms with Gasteiger partial charge in [-0.25, -0.2) is 4.39 Å². The minimum atomic E-state index is -0.583. The van der Waals surface area contributed by atoms with Crippen LogP contribution in [0.4, 0.5) is 4.39 Å². The Kier molecular flexibility index (Phi) is 6.82. The number of amides is 3. The lowest BCUT2D eigenvalue weighted by Gasteiger charge is -2.38. The smallest absolute Gasteiger partial charge is 0.255 e. The van der Waals surface area contributed by atoms with Crippen molar-refractivity contribution in [3.05, 3.63) is 76.1 Å². The molecular weight excluding hydrogens is 531 g/mol. The van der Waals surface area contributed by atoms with Crippen LogP contribution in [0.5, 0.6) is 0 Å². The Morgan fingerprint density at radius 2 is 1.69 bits per heavy atom. The quantitative estimate of drug-likeness (QED) is 0.518. The van der Waals surface area contributed by atoms with Gasteiger partial charge in [-0.3, -0.25) is 29.5 Å². The molecule has 2 aromatic carbocycles. The third kappa shape index (κ3) is 5.09. The zero-order valence-corrected chi connectivity index (χ0v) is 24.5. The molecule has 1 N–H and O–H groups in total. The van der Waals surface area contributed by atoms with E-state index in [4.69, 9.17) is 0 Å². The molecule has 1 aliphatic carbocycles. The molecule has 220 valence electrons. The number of nitrogens with one attached hydrogen (secondary N) is 1. The normalized spacial score (nSPS) is 27.6. The second-order valence-electron chi connectivity index (χ2n) is 13.7. The fourth-order valence-corrected chi connectivity index (χ4v) is 7.89. The van der Waals surface area contributed by atoms with Crippen molar-refractivity contribution in [2.24, 2.45) is 5.41 Å². The number of piperidine rings is 1. The predicted molar refractivity (Wildman–Crippen MR) is 158 cm³/mol. The average molecular weight is 571 g/mol. The lowest BCUT2D eigenvalue weighted by Crippen LogP contribution is -2.52. The number of rotatable bonds is 6. The number of carbonyl (C=O) groups excluding carboxylic acids is 3. The van der Waals surface area contributed by atoms with Crippen LogP contribution in [0.25, 0.3) is 5.57 Å². The molecule has 0 spiro atoms. The van der Waals surface area contributed by atoms with Crippen LogP contribution in [0.2, 0.25) is 0 Å². The predicted octanol–water partition coefficient (Wildman–Crippen LogP) is 4.51. The van der Waals surface area contributed by atoms with Gasteiger partial charge in [0.1, 0.15) is 11.9 Å². The minimum absolute atomic E-state index is 0.123. The Hall–Kier alpha value is -3.36. The van der Waals surface area contributed by atoms with E-state index in [2.05, 4.69) is 41.1 Å². The number of carbonyl (C=O) groups is 3.